The third-order valence-electron chi connectivity index (χ3n) is 6.59. The van der Waals surface area contributed by atoms with Gasteiger partial charge in [-0.05, 0) is 42.2 Å². The SMILES string of the molecule is CCCCCCCCCCCCOC(=O)CCCC(C)(C)c1cc(O)c(C(C)(C)C)cc1O. The summed E-state index contributed by atoms with van der Waals surface area (Å²) < 4.78 is 5.40. The van der Waals surface area contributed by atoms with Crippen molar-refractivity contribution >= 4 is 5.97 Å². The van der Waals surface area contributed by atoms with E-state index in [1.54, 1.807) is 12.1 Å². The molecular weight excluding hydrogens is 412 g/mol. The summed E-state index contributed by atoms with van der Waals surface area (Å²) in [5.41, 5.74) is 0.846. The predicted octanol–water partition coefficient (Wildman–Crippen LogP) is 8.31. The molecule has 0 spiro atoms. The van der Waals surface area contributed by atoms with Gasteiger partial charge in [-0.1, -0.05) is 99.3 Å². The van der Waals surface area contributed by atoms with Crippen LogP contribution in [0.3, 0.4) is 0 Å². The van der Waals surface area contributed by atoms with Gasteiger partial charge in [0.15, 0.2) is 0 Å². The molecule has 0 aliphatic rings. The minimum Gasteiger partial charge on any atom is -0.508 e. The van der Waals surface area contributed by atoms with Crippen LogP contribution in [0.15, 0.2) is 12.1 Å². The van der Waals surface area contributed by atoms with Crippen molar-refractivity contribution < 1.29 is 19.7 Å². The van der Waals surface area contributed by atoms with Crippen LogP contribution in [0.25, 0.3) is 0 Å². The number of unbranched alkanes of at least 4 members (excludes halogenated alkanes) is 9. The zero-order chi connectivity index (χ0) is 24.9. The number of phenols is 2. The van der Waals surface area contributed by atoms with Gasteiger partial charge in [-0.3, -0.25) is 4.79 Å². The first-order valence-electron chi connectivity index (χ1n) is 13.2. The Bertz CT molecular complexity index is 700. The predicted molar refractivity (Wildman–Crippen MR) is 138 cm³/mol. The van der Waals surface area contributed by atoms with E-state index in [2.05, 4.69) is 6.92 Å². The number of benzene rings is 1. The lowest BCUT2D eigenvalue weighted by Crippen LogP contribution is -2.19. The molecule has 0 saturated heterocycles. The van der Waals surface area contributed by atoms with E-state index in [4.69, 9.17) is 4.74 Å². The highest BCUT2D eigenvalue weighted by atomic mass is 16.5. The van der Waals surface area contributed by atoms with Gasteiger partial charge < -0.3 is 14.9 Å². The van der Waals surface area contributed by atoms with Crippen molar-refractivity contribution in [3.63, 3.8) is 0 Å². The lowest BCUT2D eigenvalue weighted by molar-refractivity contribution is -0.143. The molecule has 1 rings (SSSR count). The fraction of sp³-hybridized carbons (Fsp3) is 0.759. The van der Waals surface area contributed by atoms with Crippen LogP contribution in [-0.4, -0.2) is 22.8 Å². The van der Waals surface area contributed by atoms with Crippen molar-refractivity contribution in [2.24, 2.45) is 0 Å². The fourth-order valence-electron chi connectivity index (χ4n) is 4.38. The normalized spacial score (nSPS) is 12.2. The number of esters is 1. The third-order valence-corrected chi connectivity index (χ3v) is 6.59. The molecule has 4 nitrogen and oxygen atoms in total. The second kappa shape index (κ2) is 14.5. The van der Waals surface area contributed by atoms with E-state index in [0.29, 0.717) is 25.0 Å². The molecular formula is C29H50O4. The highest BCUT2D eigenvalue weighted by Crippen LogP contribution is 2.41. The second-order valence-corrected chi connectivity index (χ2v) is 11.3. The Kier molecular flexibility index (Phi) is 12.9. The van der Waals surface area contributed by atoms with Crippen LogP contribution in [0.5, 0.6) is 11.5 Å². The summed E-state index contributed by atoms with van der Waals surface area (Å²) in [6, 6.07) is 3.35. The van der Waals surface area contributed by atoms with E-state index < -0.39 is 0 Å². The van der Waals surface area contributed by atoms with Crippen molar-refractivity contribution in [2.45, 2.75) is 136 Å². The molecule has 190 valence electrons. The molecule has 0 saturated carbocycles. The number of carbonyl (C=O) groups excluding carboxylic acids is 1. The van der Waals surface area contributed by atoms with Crippen LogP contribution in [-0.2, 0) is 20.4 Å². The highest BCUT2D eigenvalue weighted by Gasteiger charge is 2.28. The van der Waals surface area contributed by atoms with Crippen LogP contribution < -0.4 is 0 Å². The van der Waals surface area contributed by atoms with Crippen LogP contribution >= 0.6 is 0 Å². The standard InChI is InChI=1S/C29H50O4/c1-7-8-9-10-11-12-13-14-15-16-20-33-27(32)18-17-19-29(5,6)24-22-25(30)23(21-26(24)31)28(2,3)4/h21-22,30-31H,7-20H2,1-6H3. The van der Waals surface area contributed by atoms with Gasteiger partial charge in [-0.2, -0.15) is 0 Å². The molecule has 33 heavy (non-hydrogen) atoms. The number of phenolic OH excluding ortho intramolecular Hbond substituents is 2. The molecule has 0 unspecified atom stereocenters. The maximum absolute atomic E-state index is 12.1. The Morgan fingerprint density at radius 3 is 1.79 bits per heavy atom. The Morgan fingerprint density at radius 2 is 1.24 bits per heavy atom. The zero-order valence-electron chi connectivity index (χ0n) is 22.3. The van der Waals surface area contributed by atoms with Crippen LogP contribution in [0.4, 0.5) is 0 Å². The number of hydrogen-bond acceptors (Lipinski definition) is 4. The number of carbonyl (C=O) groups is 1. The van der Waals surface area contributed by atoms with Gasteiger partial charge >= 0.3 is 5.97 Å². The summed E-state index contributed by atoms with van der Waals surface area (Å²) in [5, 5.41) is 21.1. The van der Waals surface area contributed by atoms with Crippen molar-refractivity contribution in [3.05, 3.63) is 23.3 Å². The van der Waals surface area contributed by atoms with Gasteiger partial charge in [0, 0.05) is 17.5 Å². The molecule has 0 aliphatic heterocycles. The topological polar surface area (TPSA) is 66.8 Å². The Hall–Kier alpha value is -1.71. The second-order valence-electron chi connectivity index (χ2n) is 11.3. The molecule has 0 aromatic heterocycles. The van der Waals surface area contributed by atoms with Gasteiger partial charge in [-0.15, -0.1) is 0 Å². The number of ether oxygens (including phenoxy) is 1. The summed E-state index contributed by atoms with van der Waals surface area (Å²) in [6.07, 6.45) is 14.5. The summed E-state index contributed by atoms with van der Waals surface area (Å²) in [6.45, 7) is 12.9. The largest absolute Gasteiger partial charge is 0.508 e. The van der Waals surface area contributed by atoms with E-state index in [0.717, 1.165) is 24.8 Å². The summed E-state index contributed by atoms with van der Waals surface area (Å²) in [7, 11) is 0. The molecule has 4 heteroatoms. The Labute approximate surface area is 203 Å². The first-order valence-corrected chi connectivity index (χ1v) is 13.2. The fourth-order valence-corrected chi connectivity index (χ4v) is 4.38. The molecule has 0 atom stereocenters. The van der Waals surface area contributed by atoms with Crippen LogP contribution in [0.1, 0.15) is 136 Å². The van der Waals surface area contributed by atoms with E-state index in [9.17, 15) is 15.0 Å². The van der Waals surface area contributed by atoms with Crippen molar-refractivity contribution in [1.29, 1.82) is 0 Å². The summed E-state index contributed by atoms with van der Waals surface area (Å²) >= 11 is 0. The molecule has 2 N–H and O–H groups in total. The van der Waals surface area contributed by atoms with Crippen molar-refractivity contribution in [2.75, 3.05) is 6.61 Å². The van der Waals surface area contributed by atoms with Gasteiger partial charge in [0.05, 0.1) is 6.61 Å². The van der Waals surface area contributed by atoms with Gasteiger partial charge in [0.25, 0.3) is 0 Å². The molecule has 0 bridgehead atoms. The first kappa shape index (κ1) is 29.3. The Balaban J connectivity index is 2.27. The zero-order valence-corrected chi connectivity index (χ0v) is 22.3. The van der Waals surface area contributed by atoms with Crippen molar-refractivity contribution in [3.8, 4) is 11.5 Å². The van der Waals surface area contributed by atoms with Crippen LogP contribution in [0, 0.1) is 0 Å². The van der Waals surface area contributed by atoms with E-state index in [1.807, 2.05) is 34.6 Å². The minimum atomic E-state index is -0.352. The average molecular weight is 463 g/mol. The molecule has 0 fully saturated rings. The molecule has 1 aromatic rings. The molecule has 1 aromatic carbocycles. The highest BCUT2D eigenvalue weighted by molar-refractivity contribution is 5.69. The van der Waals surface area contributed by atoms with Crippen molar-refractivity contribution in [1.82, 2.24) is 0 Å². The average Bonchev–Trinajstić information content (AvgIpc) is 2.72. The van der Waals surface area contributed by atoms with Gasteiger partial charge in [0.2, 0.25) is 0 Å². The van der Waals surface area contributed by atoms with E-state index in [1.165, 1.54) is 51.4 Å². The quantitative estimate of drug-likeness (QED) is 0.147. The monoisotopic (exact) mass is 462 g/mol. The number of aromatic hydroxyl groups is 2. The van der Waals surface area contributed by atoms with E-state index in [-0.39, 0.29) is 28.3 Å². The summed E-state index contributed by atoms with van der Waals surface area (Å²) in [4.78, 5) is 12.1. The van der Waals surface area contributed by atoms with Crippen LogP contribution in [0.2, 0.25) is 0 Å². The summed E-state index contributed by atoms with van der Waals surface area (Å²) in [5.74, 6) is 0.266. The van der Waals surface area contributed by atoms with Gasteiger partial charge in [0.1, 0.15) is 11.5 Å². The number of rotatable bonds is 16. The molecule has 0 radical (unpaired) electrons. The smallest absolute Gasteiger partial charge is 0.305 e. The molecule has 0 heterocycles. The number of hydrogen-bond donors (Lipinski definition) is 2. The Morgan fingerprint density at radius 1 is 0.758 bits per heavy atom. The molecule has 0 amide bonds. The van der Waals surface area contributed by atoms with E-state index >= 15 is 0 Å². The first-order chi connectivity index (χ1) is 15.5. The maximum atomic E-state index is 12.1. The lowest BCUT2D eigenvalue weighted by Gasteiger charge is -2.29. The third kappa shape index (κ3) is 11.3. The lowest BCUT2D eigenvalue weighted by atomic mass is 9.77. The maximum Gasteiger partial charge on any atom is 0.305 e. The minimum absolute atomic E-state index is 0.142. The molecule has 0 aliphatic carbocycles. The van der Waals surface area contributed by atoms with Gasteiger partial charge in [-0.25, -0.2) is 0 Å².